The lowest BCUT2D eigenvalue weighted by Gasteiger charge is -2.16. The van der Waals surface area contributed by atoms with Gasteiger partial charge in [0.2, 0.25) is 0 Å². The SMILES string of the molecule is COCCN(C)Sc1ccc(/C(=N\O[C@@H]2CCOC2)C(=O)O)cc1C. The molecule has 1 aliphatic heterocycles. The second-order valence-electron chi connectivity index (χ2n) is 5.75. The van der Waals surface area contributed by atoms with Gasteiger partial charge in [-0.15, -0.1) is 0 Å². The van der Waals surface area contributed by atoms with Gasteiger partial charge in [0, 0.05) is 30.5 Å². The maximum Gasteiger partial charge on any atom is 0.358 e. The Labute approximate surface area is 152 Å². The van der Waals surface area contributed by atoms with Gasteiger partial charge in [0.25, 0.3) is 0 Å². The van der Waals surface area contributed by atoms with Crippen molar-refractivity contribution < 1.29 is 24.2 Å². The van der Waals surface area contributed by atoms with Crippen LogP contribution >= 0.6 is 11.9 Å². The van der Waals surface area contributed by atoms with E-state index in [2.05, 4.69) is 9.46 Å². The van der Waals surface area contributed by atoms with E-state index in [1.807, 2.05) is 26.1 Å². The fourth-order valence-electron chi connectivity index (χ4n) is 2.27. The van der Waals surface area contributed by atoms with Crippen LogP contribution in [0.25, 0.3) is 0 Å². The third kappa shape index (κ3) is 6.00. The summed E-state index contributed by atoms with van der Waals surface area (Å²) < 4.78 is 12.3. The molecule has 1 saturated heterocycles. The summed E-state index contributed by atoms with van der Waals surface area (Å²) in [4.78, 5) is 17.9. The van der Waals surface area contributed by atoms with Gasteiger partial charge in [-0.1, -0.05) is 11.2 Å². The monoisotopic (exact) mass is 368 g/mol. The number of likely N-dealkylation sites (N-methyl/N-ethyl adjacent to an activating group) is 1. The zero-order valence-corrected chi connectivity index (χ0v) is 15.5. The van der Waals surface area contributed by atoms with Crippen LogP contribution in [-0.2, 0) is 19.1 Å². The number of methoxy groups -OCH3 is 1. The molecule has 0 amide bonds. The van der Waals surface area contributed by atoms with Crippen LogP contribution < -0.4 is 0 Å². The van der Waals surface area contributed by atoms with E-state index in [0.717, 1.165) is 23.4 Å². The van der Waals surface area contributed by atoms with Gasteiger partial charge < -0.3 is 19.4 Å². The van der Waals surface area contributed by atoms with Crippen LogP contribution in [0.3, 0.4) is 0 Å². The summed E-state index contributed by atoms with van der Waals surface area (Å²) in [5, 5.41) is 13.3. The number of oxime groups is 1. The van der Waals surface area contributed by atoms with Gasteiger partial charge in [0.05, 0.1) is 19.8 Å². The summed E-state index contributed by atoms with van der Waals surface area (Å²) in [6.45, 7) is 4.45. The highest BCUT2D eigenvalue weighted by atomic mass is 32.2. The molecule has 0 spiro atoms. The molecule has 0 aromatic heterocycles. The molecular weight excluding hydrogens is 344 g/mol. The molecule has 0 radical (unpaired) electrons. The standard InChI is InChI=1S/C17H24N2O5S/c1-12-10-13(4-5-15(12)25-19(2)7-9-22-3)16(17(20)21)18-24-14-6-8-23-11-14/h4-5,10,14H,6-9,11H2,1-3H3,(H,20,21)/b18-16+/t14-/m1/s1. The van der Waals surface area contributed by atoms with Crippen molar-refractivity contribution >= 4 is 23.6 Å². The summed E-state index contributed by atoms with van der Waals surface area (Å²) in [6, 6.07) is 5.46. The van der Waals surface area contributed by atoms with Crippen molar-refractivity contribution in [1.29, 1.82) is 0 Å². The number of aryl methyl sites for hydroxylation is 1. The zero-order valence-electron chi connectivity index (χ0n) is 14.7. The molecule has 0 bridgehead atoms. The summed E-state index contributed by atoms with van der Waals surface area (Å²) in [5.74, 6) is -1.11. The molecule has 7 nitrogen and oxygen atoms in total. The molecule has 0 aliphatic carbocycles. The molecule has 1 heterocycles. The molecule has 25 heavy (non-hydrogen) atoms. The van der Waals surface area contributed by atoms with Crippen molar-refractivity contribution in [3.05, 3.63) is 29.3 Å². The van der Waals surface area contributed by atoms with E-state index >= 15 is 0 Å². The van der Waals surface area contributed by atoms with Gasteiger partial charge in [-0.25, -0.2) is 9.10 Å². The predicted octanol–water partition coefficient (Wildman–Crippen LogP) is 2.17. The first-order chi connectivity index (χ1) is 12.0. The Morgan fingerprint density at radius 3 is 2.92 bits per heavy atom. The molecule has 1 atom stereocenters. The van der Waals surface area contributed by atoms with Crippen molar-refractivity contribution in [2.75, 3.05) is 40.5 Å². The van der Waals surface area contributed by atoms with Gasteiger partial charge in [0.1, 0.15) is 0 Å². The van der Waals surface area contributed by atoms with Crippen LogP contribution in [-0.4, -0.2) is 67.7 Å². The number of carboxylic acid groups (broad SMARTS) is 1. The number of aliphatic carboxylic acids is 1. The van der Waals surface area contributed by atoms with E-state index < -0.39 is 5.97 Å². The average Bonchev–Trinajstić information content (AvgIpc) is 3.08. The lowest BCUT2D eigenvalue weighted by atomic mass is 10.1. The molecule has 138 valence electrons. The Hall–Kier alpha value is -1.61. The molecule has 1 fully saturated rings. The van der Waals surface area contributed by atoms with Crippen LogP contribution in [0.4, 0.5) is 0 Å². The number of ether oxygens (including phenoxy) is 2. The first-order valence-electron chi connectivity index (χ1n) is 8.05. The fraction of sp³-hybridized carbons (Fsp3) is 0.529. The topological polar surface area (TPSA) is 80.6 Å². The maximum atomic E-state index is 11.5. The van der Waals surface area contributed by atoms with Crippen molar-refractivity contribution in [3.63, 3.8) is 0 Å². The van der Waals surface area contributed by atoms with E-state index in [-0.39, 0.29) is 11.8 Å². The fourth-order valence-corrected chi connectivity index (χ4v) is 3.10. The highest BCUT2D eigenvalue weighted by molar-refractivity contribution is 7.97. The molecule has 1 aliphatic rings. The number of carbonyl (C=O) groups is 1. The average molecular weight is 368 g/mol. The van der Waals surface area contributed by atoms with E-state index in [4.69, 9.17) is 14.3 Å². The Morgan fingerprint density at radius 1 is 1.52 bits per heavy atom. The van der Waals surface area contributed by atoms with Crippen LogP contribution in [0.1, 0.15) is 17.5 Å². The Kier molecular flexibility index (Phi) is 7.70. The highest BCUT2D eigenvalue weighted by Gasteiger charge is 2.20. The molecule has 1 aromatic rings. The van der Waals surface area contributed by atoms with Gasteiger partial charge in [-0.3, -0.25) is 0 Å². The number of hydrogen-bond acceptors (Lipinski definition) is 7. The quantitative estimate of drug-likeness (QED) is 0.406. The molecular formula is C17H24N2O5S. The smallest absolute Gasteiger partial charge is 0.358 e. The zero-order chi connectivity index (χ0) is 18.2. The van der Waals surface area contributed by atoms with Crippen LogP contribution in [0.15, 0.2) is 28.3 Å². The van der Waals surface area contributed by atoms with Gasteiger partial charge >= 0.3 is 5.97 Å². The van der Waals surface area contributed by atoms with E-state index in [0.29, 0.717) is 25.4 Å². The Balaban J connectivity index is 2.09. The number of benzene rings is 1. The molecule has 2 rings (SSSR count). The van der Waals surface area contributed by atoms with Crippen molar-refractivity contribution in [3.8, 4) is 0 Å². The number of rotatable bonds is 9. The van der Waals surface area contributed by atoms with E-state index in [1.54, 1.807) is 25.1 Å². The second-order valence-corrected chi connectivity index (χ2v) is 7.00. The lowest BCUT2D eigenvalue weighted by molar-refractivity contribution is -0.129. The lowest BCUT2D eigenvalue weighted by Crippen LogP contribution is -2.18. The summed E-state index contributed by atoms with van der Waals surface area (Å²) >= 11 is 1.59. The largest absolute Gasteiger partial charge is 0.476 e. The first kappa shape index (κ1) is 19.7. The number of carboxylic acids is 1. The van der Waals surface area contributed by atoms with Gasteiger partial charge in [-0.2, -0.15) is 0 Å². The minimum absolute atomic E-state index is 0.0979. The number of nitrogens with zero attached hydrogens (tertiary/aromatic N) is 2. The van der Waals surface area contributed by atoms with Crippen LogP contribution in [0.5, 0.6) is 0 Å². The molecule has 1 N–H and O–H groups in total. The van der Waals surface area contributed by atoms with Crippen molar-refractivity contribution in [2.45, 2.75) is 24.3 Å². The van der Waals surface area contributed by atoms with Gasteiger partial charge in [0.15, 0.2) is 11.8 Å². The van der Waals surface area contributed by atoms with E-state index in [9.17, 15) is 9.90 Å². The molecule has 0 saturated carbocycles. The minimum Gasteiger partial charge on any atom is -0.476 e. The summed E-state index contributed by atoms with van der Waals surface area (Å²) in [7, 11) is 3.66. The minimum atomic E-state index is -1.11. The molecule has 0 unspecified atom stereocenters. The third-order valence-corrected chi connectivity index (χ3v) is 4.85. The predicted molar refractivity (Wildman–Crippen MR) is 96.0 cm³/mol. The van der Waals surface area contributed by atoms with Crippen LogP contribution in [0, 0.1) is 6.92 Å². The third-order valence-electron chi connectivity index (χ3n) is 3.70. The van der Waals surface area contributed by atoms with Crippen LogP contribution in [0.2, 0.25) is 0 Å². The Morgan fingerprint density at radius 2 is 2.32 bits per heavy atom. The molecule has 1 aromatic carbocycles. The van der Waals surface area contributed by atoms with E-state index in [1.165, 1.54) is 0 Å². The summed E-state index contributed by atoms with van der Waals surface area (Å²) in [6.07, 6.45) is 0.540. The normalized spacial score (nSPS) is 17.9. The van der Waals surface area contributed by atoms with Crippen molar-refractivity contribution in [2.24, 2.45) is 5.16 Å². The highest BCUT2D eigenvalue weighted by Crippen LogP contribution is 2.26. The Bertz CT molecular complexity index is 617. The number of hydrogen-bond donors (Lipinski definition) is 1. The summed E-state index contributed by atoms with van der Waals surface area (Å²) in [5.41, 5.74) is 1.40. The molecule has 8 heteroatoms. The first-order valence-corrected chi connectivity index (χ1v) is 8.82. The second kappa shape index (κ2) is 9.76. The maximum absolute atomic E-state index is 11.5. The van der Waals surface area contributed by atoms with Crippen molar-refractivity contribution in [1.82, 2.24) is 4.31 Å². The van der Waals surface area contributed by atoms with Gasteiger partial charge in [-0.05, 0) is 43.6 Å².